The zero-order chi connectivity index (χ0) is 8.43. The van der Waals surface area contributed by atoms with Crippen LogP contribution in [0.2, 0.25) is 0 Å². The quantitative estimate of drug-likeness (QED) is 0.730. The molecule has 0 heterocycles. The number of phenolic OH excluding ortho intramolecular Hbond substituents is 1. The van der Waals surface area contributed by atoms with Crippen LogP contribution in [-0.2, 0) is 0 Å². The van der Waals surface area contributed by atoms with Gasteiger partial charge in [-0.3, -0.25) is 4.79 Å². The van der Waals surface area contributed by atoms with Crippen molar-refractivity contribution in [3.8, 4) is 5.75 Å². The second-order valence-corrected chi connectivity index (χ2v) is 3.29. The van der Waals surface area contributed by atoms with E-state index in [0.717, 1.165) is 4.47 Å². The molecule has 4 heteroatoms. The number of hydrogen-bond donors (Lipinski definition) is 2. The molecule has 11 heavy (non-hydrogen) atoms. The summed E-state index contributed by atoms with van der Waals surface area (Å²) in [6, 6.07) is 4.63. The van der Waals surface area contributed by atoms with Crippen LogP contribution in [0.15, 0.2) is 22.7 Å². The first-order valence-corrected chi connectivity index (χ1v) is 4.07. The molecular weight excluding hydrogens is 228 g/mol. The van der Waals surface area contributed by atoms with Gasteiger partial charge in [0.25, 0.3) is 0 Å². The van der Waals surface area contributed by atoms with Gasteiger partial charge in [-0.2, -0.15) is 0 Å². The molecule has 0 fully saturated rings. The first-order chi connectivity index (χ1) is 5.11. The standard InChI is InChI=1S/C7H5BrO2S/c8-4-1-2-5(7(10)11)6(9)3-4/h1-3,9H,(H,10,11). The van der Waals surface area contributed by atoms with E-state index in [2.05, 4.69) is 28.6 Å². The third-order valence-electron chi connectivity index (χ3n) is 1.19. The molecule has 0 aliphatic carbocycles. The molecule has 0 saturated carbocycles. The molecule has 0 aromatic heterocycles. The van der Waals surface area contributed by atoms with Gasteiger partial charge in [0.15, 0.2) is 0 Å². The molecule has 0 amide bonds. The summed E-state index contributed by atoms with van der Waals surface area (Å²) in [6.07, 6.45) is 0. The number of halogens is 1. The Hall–Kier alpha value is -0.480. The first kappa shape index (κ1) is 8.62. The van der Waals surface area contributed by atoms with E-state index in [9.17, 15) is 4.79 Å². The van der Waals surface area contributed by atoms with E-state index < -0.39 is 5.12 Å². The molecule has 58 valence electrons. The summed E-state index contributed by atoms with van der Waals surface area (Å²) in [5.74, 6) is -0.0561. The van der Waals surface area contributed by atoms with Crippen LogP contribution in [0.1, 0.15) is 10.4 Å². The van der Waals surface area contributed by atoms with Crippen LogP contribution in [0.4, 0.5) is 0 Å². The number of rotatable bonds is 1. The highest BCUT2D eigenvalue weighted by atomic mass is 79.9. The van der Waals surface area contributed by atoms with Crippen LogP contribution in [0, 0.1) is 0 Å². The van der Waals surface area contributed by atoms with Gasteiger partial charge >= 0.3 is 0 Å². The molecule has 0 atom stereocenters. The monoisotopic (exact) mass is 232 g/mol. The Morgan fingerprint density at radius 3 is 2.64 bits per heavy atom. The number of carbonyl (C=O) groups is 1. The highest BCUT2D eigenvalue weighted by molar-refractivity contribution is 9.10. The normalized spacial score (nSPS) is 9.64. The zero-order valence-corrected chi connectivity index (χ0v) is 7.89. The van der Waals surface area contributed by atoms with E-state index in [-0.39, 0.29) is 11.3 Å². The SMILES string of the molecule is O=C(S)c1ccc(Br)cc1O. The van der Waals surface area contributed by atoms with Crippen molar-refractivity contribution in [3.05, 3.63) is 28.2 Å². The predicted molar refractivity (Wildman–Crippen MR) is 49.1 cm³/mol. The van der Waals surface area contributed by atoms with Gasteiger partial charge in [-0.1, -0.05) is 15.9 Å². The Morgan fingerprint density at radius 2 is 2.18 bits per heavy atom. The van der Waals surface area contributed by atoms with Crippen molar-refractivity contribution in [1.29, 1.82) is 0 Å². The molecule has 0 saturated heterocycles. The lowest BCUT2D eigenvalue weighted by atomic mass is 10.2. The van der Waals surface area contributed by atoms with Crippen molar-refractivity contribution in [3.63, 3.8) is 0 Å². The Morgan fingerprint density at radius 1 is 1.55 bits per heavy atom. The molecular formula is C7H5BrO2S. The van der Waals surface area contributed by atoms with Crippen molar-refractivity contribution >= 4 is 33.7 Å². The van der Waals surface area contributed by atoms with Gasteiger partial charge in [0.2, 0.25) is 5.12 Å². The predicted octanol–water partition coefficient (Wildman–Crippen LogP) is 2.22. The maximum absolute atomic E-state index is 10.7. The second-order valence-electron chi connectivity index (χ2n) is 1.97. The first-order valence-electron chi connectivity index (χ1n) is 2.83. The minimum Gasteiger partial charge on any atom is -0.507 e. The molecule has 1 rings (SSSR count). The van der Waals surface area contributed by atoms with Crippen molar-refractivity contribution in [2.45, 2.75) is 0 Å². The molecule has 0 aliphatic heterocycles. The summed E-state index contributed by atoms with van der Waals surface area (Å²) in [4.78, 5) is 10.7. The third kappa shape index (κ3) is 1.97. The molecule has 0 unspecified atom stereocenters. The van der Waals surface area contributed by atoms with E-state index in [4.69, 9.17) is 5.11 Å². The fraction of sp³-hybridized carbons (Fsp3) is 0. The maximum atomic E-state index is 10.7. The molecule has 1 N–H and O–H groups in total. The van der Waals surface area contributed by atoms with E-state index >= 15 is 0 Å². The van der Waals surface area contributed by atoms with Crippen molar-refractivity contribution < 1.29 is 9.90 Å². The van der Waals surface area contributed by atoms with Crippen LogP contribution in [0.5, 0.6) is 5.75 Å². The number of thiol groups is 1. The Labute approximate surface area is 77.8 Å². The van der Waals surface area contributed by atoms with Crippen LogP contribution >= 0.6 is 28.6 Å². The van der Waals surface area contributed by atoms with Crippen LogP contribution in [0.25, 0.3) is 0 Å². The smallest absolute Gasteiger partial charge is 0.220 e. The van der Waals surface area contributed by atoms with Crippen molar-refractivity contribution in [2.75, 3.05) is 0 Å². The Kier molecular flexibility index (Phi) is 2.57. The van der Waals surface area contributed by atoms with Gasteiger partial charge in [0.05, 0.1) is 5.56 Å². The van der Waals surface area contributed by atoms with Crippen LogP contribution < -0.4 is 0 Å². The fourth-order valence-electron chi connectivity index (χ4n) is 0.686. The van der Waals surface area contributed by atoms with E-state index in [0.29, 0.717) is 0 Å². The van der Waals surface area contributed by atoms with Crippen LogP contribution in [0.3, 0.4) is 0 Å². The molecule has 0 radical (unpaired) electrons. The molecule has 2 nitrogen and oxygen atoms in total. The number of hydrogen-bond acceptors (Lipinski definition) is 2. The molecule has 0 spiro atoms. The highest BCUT2D eigenvalue weighted by Gasteiger charge is 2.05. The van der Waals surface area contributed by atoms with Gasteiger partial charge in [0.1, 0.15) is 5.75 Å². The fourth-order valence-corrected chi connectivity index (χ4v) is 1.22. The largest absolute Gasteiger partial charge is 0.507 e. The van der Waals surface area contributed by atoms with Gasteiger partial charge in [-0.05, 0) is 18.2 Å². The third-order valence-corrected chi connectivity index (χ3v) is 1.92. The summed E-state index contributed by atoms with van der Waals surface area (Å²) in [5, 5.41) is 8.73. The average molecular weight is 233 g/mol. The van der Waals surface area contributed by atoms with Gasteiger partial charge in [-0.15, -0.1) is 12.6 Å². The number of carbonyl (C=O) groups excluding carboxylic acids is 1. The zero-order valence-electron chi connectivity index (χ0n) is 5.41. The van der Waals surface area contributed by atoms with Crippen LogP contribution in [-0.4, -0.2) is 10.2 Å². The summed E-state index contributed by atoms with van der Waals surface area (Å²) in [6.45, 7) is 0. The van der Waals surface area contributed by atoms with Gasteiger partial charge in [-0.25, -0.2) is 0 Å². The lowest BCUT2D eigenvalue weighted by molar-refractivity contribution is 0.108. The number of phenols is 1. The number of benzene rings is 1. The summed E-state index contributed by atoms with van der Waals surface area (Å²) < 4.78 is 0.730. The van der Waals surface area contributed by atoms with E-state index in [1.807, 2.05) is 0 Å². The highest BCUT2D eigenvalue weighted by Crippen LogP contribution is 2.23. The summed E-state index contributed by atoms with van der Waals surface area (Å²) in [5.41, 5.74) is 0.219. The minimum absolute atomic E-state index is 0.0561. The summed E-state index contributed by atoms with van der Waals surface area (Å²) in [7, 11) is 0. The molecule has 0 aliphatic rings. The topological polar surface area (TPSA) is 37.3 Å². The summed E-state index contributed by atoms with van der Waals surface area (Å²) >= 11 is 6.73. The van der Waals surface area contributed by atoms with Gasteiger partial charge in [0, 0.05) is 4.47 Å². The maximum Gasteiger partial charge on any atom is 0.220 e. The van der Waals surface area contributed by atoms with Crippen molar-refractivity contribution in [1.82, 2.24) is 0 Å². The second kappa shape index (κ2) is 3.28. The molecule has 1 aromatic rings. The molecule has 1 aromatic carbocycles. The van der Waals surface area contributed by atoms with Gasteiger partial charge < -0.3 is 5.11 Å². The molecule has 0 bridgehead atoms. The number of aromatic hydroxyl groups is 1. The Bertz CT molecular complexity index is 298. The Balaban J connectivity index is 3.20. The lowest BCUT2D eigenvalue weighted by Gasteiger charge is -1.98. The van der Waals surface area contributed by atoms with Crippen molar-refractivity contribution in [2.24, 2.45) is 0 Å². The lowest BCUT2D eigenvalue weighted by Crippen LogP contribution is -1.88. The van der Waals surface area contributed by atoms with E-state index in [1.54, 1.807) is 6.07 Å². The average Bonchev–Trinajstić information content (AvgIpc) is 1.85. The minimum atomic E-state index is -0.435. The van der Waals surface area contributed by atoms with E-state index in [1.165, 1.54) is 12.1 Å².